The number of carboxylic acid groups (broad SMARTS) is 1. The van der Waals surface area contributed by atoms with E-state index in [0.717, 1.165) is 11.1 Å². The number of carboxylic acids is 1. The smallest absolute Gasteiger partial charge is 0.335 e. The lowest BCUT2D eigenvalue weighted by atomic mass is 10.1. The van der Waals surface area contributed by atoms with Gasteiger partial charge >= 0.3 is 5.97 Å². The molecule has 2 N–H and O–H groups in total. The van der Waals surface area contributed by atoms with Gasteiger partial charge in [-0.3, -0.25) is 9.69 Å². The molecule has 1 heterocycles. The summed E-state index contributed by atoms with van der Waals surface area (Å²) < 4.78 is 0. The first-order valence-electron chi connectivity index (χ1n) is 8.32. The second kappa shape index (κ2) is 7.67. The molecule has 7 heteroatoms. The van der Waals surface area contributed by atoms with Crippen LogP contribution < -0.4 is 0 Å². The molecule has 3 rings (SSSR count). The number of phenols is 1. The average Bonchev–Trinajstić information content (AvgIpc) is 2.92. The highest BCUT2D eigenvalue weighted by molar-refractivity contribution is 8.18. The number of amidine groups is 1. The molecule has 2 aromatic rings. The molecule has 138 valence electrons. The number of likely N-dealkylation sites (N-methyl/N-ethyl adjacent to an activating group) is 1. The Morgan fingerprint density at radius 3 is 2.52 bits per heavy atom. The maximum atomic E-state index is 12.7. The van der Waals surface area contributed by atoms with Gasteiger partial charge in [0.1, 0.15) is 11.4 Å². The number of nitrogens with zero attached hydrogens (tertiary/aromatic N) is 2. The van der Waals surface area contributed by atoms with Crippen LogP contribution in [0.3, 0.4) is 0 Å². The van der Waals surface area contributed by atoms with Crippen molar-refractivity contribution in [1.82, 2.24) is 4.90 Å². The van der Waals surface area contributed by atoms with Crippen molar-refractivity contribution in [3.05, 3.63) is 64.1 Å². The van der Waals surface area contributed by atoms with E-state index in [9.17, 15) is 14.7 Å². The van der Waals surface area contributed by atoms with E-state index < -0.39 is 5.97 Å². The van der Waals surface area contributed by atoms with Crippen LogP contribution in [-0.2, 0) is 4.79 Å². The van der Waals surface area contributed by atoms with E-state index in [1.54, 1.807) is 35.2 Å². The fourth-order valence-electron chi connectivity index (χ4n) is 2.57. The molecule has 0 aliphatic carbocycles. The Labute approximate surface area is 160 Å². The van der Waals surface area contributed by atoms with E-state index in [1.807, 2.05) is 19.9 Å². The lowest BCUT2D eigenvalue weighted by molar-refractivity contribution is -0.122. The van der Waals surface area contributed by atoms with Crippen LogP contribution in [0.25, 0.3) is 6.08 Å². The van der Waals surface area contributed by atoms with Crippen LogP contribution in [0.5, 0.6) is 5.75 Å². The first kappa shape index (κ1) is 18.7. The fourth-order valence-corrected chi connectivity index (χ4v) is 3.63. The van der Waals surface area contributed by atoms with Gasteiger partial charge < -0.3 is 10.2 Å². The molecule has 1 aliphatic rings. The minimum absolute atomic E-state index is 0.0632. The molecule has 6 nitrogen and oxygen atoms in total. The molecule has 0 bridgehead atoms. The van der Waals surface area contributed by atoms with Crippen LogP contribution in [0.4, 0.5) is 5.69 Å². The molecule has 1 fully saturated rings. The van der Waals surface area contributed by atoms with E-state index in [-0.39, 0.29) is 17.2 Å². The van der Waals surface area contributed by atoms with Crippen molar-refractivity contribution in [2.24, 2.45) is 4.99 Å². The van der Waals surface area contributed by atoms with Crippen molar-refractivity contribution in [1.29, 1.82) is 0 Å². The summed E-state index contributed by atoms with van der Waals surface area (Å²) in [5.41, 5.74) is 2.24. The van der Waals surface area contributed by atoms with Gasteiger partial charge in [0.15, 0.2) is 5.17 Å². The third kappa shape index (κ3) is 4.03. The zero-order valence-electron chi connectivity index (χ0n) is 14.8. The molecule has 1 saturated heterocycles. The van der Waals surface area contributed by atoms with Crippen LogP contribution >= 0.6 is 11.8 Å². The third-order valence-corrected chi connectivity index (χ3v) is 5.01. The van der Waals surface area contributed by atoms with Gasteiger partial charge in [-0.15, -0.1) is 0 Å². The minimum Gasteiger partial charge on any atom is -0.506 e. The Balaban J connectivity index is 1.92. The summed E-state index contributed by atoms with van der Waals surface area (Å²) in [6.07, 6.45) is 1.71. The van der Waals surface area contributed by atoms with E-state index in [4.69, 9.17) is 5.11 Å². The number of aromatic hydroxyl groups is 1. The van der Waals surface area contributed by atoms with E-state index in [2.05, 4.69) is 4.99 Å². The number of aliphatic imine (C=N–C) groups is 1. The number of benzene rings is 2. The quantitative estimate of drug-likeness (QED) is 0.780. The molecule has 0 unspecified atom stereocenters. The van der Waals surface area contributed by atoms with Crippen LogP contribution in [0.15, 0.2) is 52.4 Å². The molecule has 2 aromatic carbocycles. The molecule has 0 radical (unpaired) electrons. The molecule has 27 heavy (non-hydrogen) atoms. The van der Waals surface area contributed by atoms with Gasteiger partial charge in [-0.2, -0.15) is 0 Å². The van der Waals surface area contributed by atoms with Crippen LogP contribution in [0.1, 0.15) is 28.4 Å². The SMILES string of the molecule is CCN1C(=O)/C(=C/c2ccc(C(=O)O)cc2)SC1=Nc1ccc(C)cc1O. The normalized spacial score (nSPS) is 17.1. The lowest BCUT2D eigenvalue weighted by Gasteiger charge is -2.12. The number of thioether (sulfide) groups is 1. The lowest BCUT2D eigenvalue weighted by Crippen LogP contribution is -2.28. The topological polar surface area (TPSA) is 90.2 Å². The van der Waals surface area contributed by atoms with Crippen LogP contribution in [0.2, 0.25) is 0 Å². The van der Waals surface area contributed by atoms with Gasteiger partial charge in [0.25, 0.3) is 5.91 Å². The van der Waals surface area contributed by atoms with Crippen molar-refractivity contribution in [2.45, 2.75) is 13.8 Å². The standard InChI is InChI=1S/C20H18N2O4S/c1-3-22-18(24)17(11-13-5-7-14(8-6-13)19(25)26)27-20(22)21-15-9-4-12(2)10-16(15)23/h4-11,23H,3H2,1-2H3,(H,25,26)/b17-11-,21-20?. The molecule has 0 spiro atoms. The van der Waals surface area contributed by atoms with E-state index >= 15 is 0 Å². The predicted molar refractivity (Wildman–Crippen MR) is 106 cm³/mol. The second-order valence-corrected chi connectivity index (χ2v) is 6.98. The second-order valence-electron chi connectivity index (χ2n) is 5.97. The van der Waals surface area contributed by atoms with E-state index in [1.165, 1.54) is 23.9 Å². The largest absolute Gasteiger partial charge is 0.506 e. The Morgan fingerprint density at radius 2 is 1.93 bits per heavy atom. The highest BCUT2D eigenvalue weighted by Crippen LogP contribution is 2.36. The van der Waals surface area contributed by atoms with Gasteiger partial charge in [-0.25, -0.2) is 9.79 Å². The summed E-state index contributed by atoms with van der Waals surface area (Å²) in [7, 11) is 0. The average molecular weight is 382 g/mol. The van der Waals surface area contributed by atoms with Crippen LogP contribution in [0, 0.1) is 6.92 Å². The summed E-state index contributed by atoms with van der Waals surface area (Å²) in [5.74, 6) is -1.10. The highest BCUT2D eigenvalue weighted by atomic mass is 32.2. The number of carbonyl (C=O) groups is 2. The maximum Gasteiger partial charge on any atom is 0.335 e. The van der Waals surface area contributed by atoms with E-state index in [0.29, 0.717) is 22.3 Å². The number of phenolic OH excluding ortho intramolecular Hbond substituents is 1. The molecular weight excluding hydrogens is 364 g/mol. The summed E-state index contributed by atoms with van der Waals surface area (Å²) in [6.45, 7) is 4.18. The molecule has 0 aromatic heterocycles. The summed E-state index contributed by atoms with van der Waals surface area (Å²) in [4.78, 5) is 30.1. The van der Waals surface area contributed by atoms with Gasteiger partial charge in [0, 0.05) is 6.54 Å². The molecule has 0 atom stereocenters. The van der Waals surface area contributed by atoms with Crippen molar-refractivity contribution in [3.8, 4) is 5.75 Å². The van der Waals surface area contributed by atoms with Gasteiger partial charge in [-0.1, -0.05) is 18.2 Å². The Hall–Kier alpha value is -3.06. The third-order valence-electron chi connectivity index (χ3n) is 4.01. The first-order chi connectivity index (χ1) is 12.9. The van der Waals surface area contributed by atoms with Crippen molar-refractivity contribution < 1.29 is 19.8 Å². The number of rotatable bonds is 4. The van der Waals surface area contributed by atoms with Gasteiger partial charge in [-0.05, 0) is 67.1 Å². The summed E-state index contributed by atoms with van der Waals surface area (Å²) >= 11 is 1.22. The Bertz CT molecular complexity index is 964. The highest BCUT2D eigenvalue weighted by Gasteiger charge is 2.32. The van der Waals surface area contributed by atoms with Gasteiger partial charge in [0.05, 0.1) is 10.5 Å². The number of carbonyl (C=O) groups excluding carboxylic acids is 1. The summed E-state index contributed by atoms with van der Waals surface area (Å²) in [6, 6.07) is 11.5. The monoisotopic (exact) mass is 382 g/mol. The van der Waals surface area contributed by atoms with Crippen molar-refractivity contribution >= 4 is 40.6 Å². The number of hydrogen-bond donors (Lipinski definition) is 2. The number of hydrogen-bond acceptors (Lipinski definition) is 5. The van der Waals surface area contributed by atoms with Crippen molar-refractivity contribution in [2.75, 3.05) is 6.54 Å². The van der Waals surface area contributed by atoms with Gasteiger partial charge in [0.2, 0.25) is 0 Å². The number of aromatic carboxylic acids is 1. The molecule has 1 aliphatic heterocycles. The van der Waals surface area contributed by atoms with Crippen molar-refractivity contribution in [3.63, 3.8) is 0 Å². The maximum absolute atomic E-state index is 12.7. The molecular formula is C20H18N2O4S. The zero-order chi connectivity index (χ0) is 19.6. The molecule has 1 amide bonds. The molecule has 0 saturated carbocycles. The fraction of sp³-hybridized carbons (Fsp3) is 0.150. The van der Waals surface area contributed by atoms with Crippen LogP contribution in [-0.4, -0.2) is 38.7 Å². The Morgan fingerprint density at radius 1 is 1.22 bits per heavy atom. The minimum atomic E-state index is -0.995. The number of aryl methyl sites for hydroxylation is 1. The first-order valence-corrected chi connectivity index (χ1v) is 9.13. The Kier molecular flexibility index (Phi) is 5.32. The summed E-state index contributed by atoms with van der Waals surface area (Å²) in [5, 5.41) is 19.5. The zero-order valence-corrected chi connectivity index (χ0v) is 15.7. The predicted octanol–water partition coefficient (Wildman–Crippen LogP) is 4.02. The number of amides is 1.